The van der Waals surface area contributed by atoms with E-state index >= 15 is 0 Å². The fraction of sp³-hybridized carbons (Fsp3) is 0.158. The molecule has 0 bridgehead atoms. The van der Waals surface area contributed by atoms with E-state index in [1.54, 1.807) is 6.07 Å². The summed E-state index contributed by atoms with van der Waals surface area (Å²) in [6, 6.07) is 6.07. The summed E-state index contributed by atoms with van der Waals surface area (Å²) in [6.07, 6.45) is -6.25. The Balaban J connectivity index is 1.82. The molecule has 4 aromatic rings. The molecule has 0 aliphatic heterocycles. The van der Waals surface area contributed by atoms with E-state index in [-0.39, 0.29) is 11.4 Å². The van der Waals surface area contributed by atoms with Gasteiger partial charge in [-0.25, -0.2) is 4.98 Å². The number of hydrogen-bond donors (Lipinski definition) is 1. The molecule has 0 atom stereocenters. The minimum absolute atomic E-state index is 0.0326. The molecule has 166 valence electrons. The summed E-state index contributed by atoms with van der Waals surface area (Å²) in [5.74, 6) is -1.28. The lowest BCUT2D eigenvalue weighted by Crippen LogP contribution is -2.21. The summed E-state index contributed by atoms with van der Waals surface area (Å²) in [4.78, 5) is 19.8. The Morgan fingerprint density at radius 2 is 1.81 bits per heavy atom. The quantitative estimate of drug-likeness (QED) is 0.465. The van der Waals surface area contributed by atoms with Crippen LogP contribution in [0.3, 0.4) is 0 Å². The number of carbonyl (C=O) groups excluding carboxylic acids is 1. The van der Waals surface area contributed by atoms with E-state index in [1.165, 1.54) is 29.1 Å². The van der Waals surface area contributed by atoms with E-state index in [4.69, 9.17) is 0 Å². The van der Waals surface area contributed by atoms with E-state index in [2.05, 4.69) is 20.4 Å². The maximum absolute atomic E-state index is 14.0. The molecule has 1 amide bonds. The molecule has 32 heavy (non-hydrogen) atoms. The Morgan fingerprint density at radius 1 is 1.06 bits per heavy atom. The van der Waals surface area contributed by atoms with Gasteiger partial charge in [-0.3, -0.25) is 18.9 Å². The number of fused-ring (bicyclic) bond motifs is 1. The monoisotopic (exact) mass is 454 g/mol. The highest BCUT2D eigenvalue weighted by molar-refractivity contribution is 6.05. The zero-order valence-electron chi connectivity index (χ0n) is 16.0. The average molecular weight is 454 g/mol. The van der Waals surface area contributed by atoms with Gasteiger partial charge in [-0.15, -0.1) is 0 Å². The lowest BCUT2D eigenvalue weighted by molar-refractivity contribution is -0.141. The van der Waals surface area contributed by atoms with Crippen LogP contribution in [0.5, 0.6) is 0 Å². The van der Waals surface area contributed by atoms with Crippen LogP contribution in [0.25, 0.3) is 16.9 Å². The Kier molecular flexibility index (Phi) is 4.90. The van der Waals surface area contributed by atoms with Gasteiger partial charge in [-0.05, 0) is 24.3 Å². The summed E-state index contributed by atoms with van der Waals surface area (Å²) in [5, 5.41) is 5.95. The van der Waals surface area contributed by atoms with Crippen molar-refractivity contribution in [3.8, 4) is 11.4 Å². The third kappa shape index (κ3) is 3.76. The molecule has 0 fully saturated rings. The number of amides is 1. The minimum Gasteiger partial charge on any atom is -0.321 e. The summed E-state index contributed by atoms with van der Waals surface area (Å²) in [6.45, 7) is 0. The Bertz CT molecular complexity index is 1320. The van der Waals surface area contributed by atoms with Crippen LogP contribution < -0.4 is 5.32 Å². The third-order valence-corrected chi connectivity index (χ3v) is 4.54. The highest BCUT2D eigenvalue weighted by Gasteiger charge is 2.42. The number of halogens is 6. The number of alkyl halides is 6. The molecular formula is C19H12F6N6O. The fourth-order valence-electron chi connectivity index (χ4n) is 3.23. The van der Waals surface area contributed by atoms with E-state index in [1.807, 2.05) is 0 Å². The summed E-state index contributed by atoms with van der Waals surface area (Å²) in [7, 11) is 1.13. The standard InChI is InChI=1S/C19H12F6N6O/c1-30-16(17(32)28-10-5-6-27-13(7-10)18(20,21)22)14(19(23,24)25)15(29-30)12-4-2-3-11-8-26-9-31(11)12/h2-9H,1H3,(H,27,28,32). The minimum atomic E-state index is -4.99. The normalized spacial score (nSPS) is 12.3. The van der Waals surface area contributed by atoms with Crippen LogP contribution in [0, 0.1) is 0 Å². The number of carbonyl (C=O) groups is 1. The van der Waals surface area contributed by atoms with Crippen molar-refractivity contribution >= 4 is 17.1 Å². The van der Waals surface area contributed by atoms with Crippen LogP contribution in [0.2, 0.25) is 0 Å². The van der Waals surface area contributed by atoms with Gasteiger partial charge in [0.25, 0.3) is 5.91 Å². The van der Waals surface area contributed by atoms with Gasteiger partial charge < -0.3 is 5.32 Å². The molecule has 0 aliphatic carbocycles. The molecule has 7 nitrogen and oxygen atoms in total. The van der Waals surface area contributed by atoms with Gasteiger partial charge in [-0.2, -0.15) is 31.4 Å². The maximum atomic E-state index is 14.0. The number of nitrogens with zero attached hydrogens (tertiary/aromatic N) is 5. The summed E-state index contributed by atoms with van der Waals surface area (Å²) < 4.78 is 82.8. The second-order valence-corrected chi connectivity index (χ2v) is 6.67. The fourth-order valence-corrected chi connectivity index (χ4v) is 3.23. The molecule has 1 N–H and O–H groups in total. The van der Waals surface area contributed by atoms with Gasteiger partial charge in [-0.1, -0.05) is 6.07 Å². The van der Waals surface area contributed by atoms with Gasteiger partial charge in [0.1, 0.15) is 22.6 Å². The maximum Gasteiger partial charge on any atom is 0.433 e. The van der Waals surface area contributed by atoms with Crippen LogP contribution in [-0.4, -0.2) is 30.1 Å². The number of hydrogen-bond acceptors (Lipinski definition) is 4. The first-order valence-corrected chi connectivity index (χ1v) is 8.87. The summed E-state index contributed by atoms with van der Waals surface area (Å²) >= 11 is 0. The number of aryl methyl sites for hydroxylation is 1. The van der Waals surface area contributed by atoms with E-state index in [9.17, 15) is 31.1 Å². The van der Waals surface area contributed by atoms with Crippen molar-refractivity contribution < 1.29 is 31.1 Å². The van der Waals surface area contributed by atoms with Crippen LogP contribution >= 0.6 is 0 Å². The van der Waals surface area contributed by atoms with Gasteiger partial charge in [0.2, 0.25) is 0 Å². The van der Waals surface area contributed by atoms with Crippen molar-refractivity contribution in [3.05, 3.63) is 66.0 Å². The predicted molar refractivity (Wildman–Crippen MR) is 99.6 cm³/mol. The predicted octanol–water partition coefficient (Wildman–Crippen LogP) is 4.42. The molecule has 0 aliphatic rings. The first kappa shape index (κ1) is 21.3. The highest BCUT2D eigenvalue weighted by Crippen LogP contribution is 2.39. The molecule has 4 heterocycles. The summed E-state index contributed by atoms with van der Waals surface area (Å²) in [5.41, 5.74) is -3.86. The Hall–Kier alpha value is -3.90. The molecule has 0 radical (unpaired) electrons. The van der Waals surface area contributed by atoms with E-state index < -0.39 is 40.9 Å². The van der Waals surface area contributed by atoms with Crippen molar-refractivity contribution in [1.29, 1.82) is 0 Å². The van der Waals surface area contributed by atoms with Crippen LogP contribution in [0.15, 0.2) is 49.1 Å². The molecular weight excluding hydrogens is 442 g/mol. The molecule has 0 unspecified atom stereocenters. The first-order chi connectivity index (χ1) is 15.0. The number of nitrogens with one attached hydrogen (secondary N) is 1. The Morgan fingerprint density at radius 3 is 2.50 bits per heavy atom. The molecule has 13 heteroatoms. The number of rotatable bonds is 3. The van der Waals surface area contributed by atoms with Gasteiger partial charge in [0, 0.05) is 18.9 Å². The second-order valence-electron chi connectivity index (χ2n) is 6.67. The molecule has 0 saturated carbocycles. The molecule has 4 rings (SSSR count). The lowest BCUT2D eigenvalue weighted by atomic mass is 10.1. The SMILES string of the molecule is Cn1nc(-c2cccc3cncn23)c(C(F)(F)F)c1C(=O)Nc1ccnc(C(F)(F)F)c1. The number of anilines is 1. The van der Waals surface area contributed by atoms with Crippen LogP contribution in [0.4, 0.5) is 32.0 Å². The van der Waals surface area contributed by atoms with Crippen molar-refractivity contribution in [2.75, 3.05) is 5.32 Å². The van der Waals surface area contributed by atoms with Crippen molar-refractivity contribution in [3.63, 3.8) is 0 Å². The van der Waals surface area contributed by atoms with Gasteiger partial charge in [0.05, 0.1) is 23.7 Å². The highest BCUT2D eigenvalue weighted by atomic mass is 19.4. The number of pyridine rings is 2. The Labute approximate surface area is 175 Å². The zero-order valence-corrected chi connectivity index (χ0v) is 16.0. The van der Waals surface area contributed by atoms with Crippen molar-refractivity contribution in [2.45, 2.75) is 12.4 Å². The molecule has 0 saturated heterocycles. The average Bonchev–Trinajstić information content (AvgIpc) is 3.31. The smallest absolute Gasteiger partial charge is 0.321 e. The van der Waals surface area contributed by atoms with Crippen molar-refractivity contribution in [2.24, 2.45) is 7.05 Å². The number of imidazole rings is 1. The second kappa shape index (κ2) is 7.35. The largest absolute Gasteiger partial charge is 0.433 e. The van der Waals surface area contributed by atoms with Gasteiger partial charge in [0.15, 0.2) is 0 Å². The first-order valence-electron chi connectivity index (χ1n) is 8.87. The molecule has 0 spiro atoms. The van der Waals surface area contributed by atoms with Crippen LogP contribution in [-0.2, 0) is 19.4 Å². The van der Waals surface area contributed by atoms with E-state index in [0.717, 1.165) is 24.0 Å². The lowest BCUT2D eigenvalue weighted by Gasteiger charge is -2.12. The van der Waals surface area contributed by atoms with Gasteiger partial charge >= 0.3 is 12.4 Å². The van der Waals surface area contributed by atoms with Crippen LogP contribution in [0.1, 0.15) is 21.7 Å². The topological polar surface area (TPSA) is 77.1 Å². The third-order valence-electron chi connectivity index (χ3n) is 4.54. The zero-order chi connectivity index (χ0) is 23.3. The molecule has 4 aromatic heterocycles. The van der Waals surface area contributed by atoms with Crippen molar-refractivity contribution in [1.82, 2.24) is 24.1 Å². The van der Waals surface area contributed by atoms with E-state index in [0.29, 0.717) is 11.6 Å². The number of aromatic nitrogens is 5. The molecule has 0 aromatic carbocycles.